The van der Waals surface area contributed by atoms with E-state index in [4.69, 9.17) is 0 Å². The van der Waals surface area contributed by atoms with Crippen LogP contribution in [0.5, 0.6) is 0 Å². The third-order valence-electron chi connectivity index (χ3n) is 2.73. The van der Waals surface area contributed by atoms with E-state index in [9.17, 15) is 4.79 Å². The summed E-state index contributed by atoms with van der Waals surface area (Å²) in [7, 11) is 3.72. The van der Waals surface area contributed by atoms with Crippen molar-refractivity contribution in [1.29, 1.82) is 0 Å². The van der Waals surface area contributed by atoms with Gasteiger partial charge in [-0.2, -0.15) is 5.10 Å². The number of nitrogens with one attached hydrogen (secondary N) is 1. The van der Waals surface area contributed by atoms with Crippen molar-refractivity contribution in [3.8, 4) is 0 Å². The van der Waals surface area contributed by atoms with Crippen molar-refractivity contribution >= 4 is 5.91 Å². The number of likely N-dealkylation sites (N-methyl/N-ethyl adjacent to an activating group) is 1. The van der Waals surface area contributed by atoms with Crippen molar-refractivity contribution in [2.45, 2.75) is 19.0 Å². The lowest BCUT2D eigenvalue weighted by molar-refractivity contribution is -0.128. The smallest absolute Gasteiger partial charge is 0.239 e. The Bertz CT molecular complexity index is 360. The number of hydrogen-bond acceptors (Lipinski definition) is 3. The zero-order chi connectivity index (χ0) is 10.8. The molecule has 0 spiro atoms. The van der Waals surface area contributed by atoms with Gasteiger partial charge >= 0.3 is 0 Å². The van der Waals surface area contributed by atoms with Crippen LogP contribution in [-0.2, 0) is 18.4 Å². The zero-order valence-electron chi connectivity index (χ0n) is 9.10. The maximum atomic E-state index is 11.6. The van der Waals surface area contributed by atoms with Gasteiger partial charge in [-0.25, -0.2) is 0 Å². The molecule has 5 heteroatoms. The highest BCUT2D eigenvalue weighted by Crippen LogP contribution is 2.08. The highest BCUT2D eigenvalue weighted by Gasteiger charge is 2.28. The quantitative estimate of drug-likeness (QED) is 0.744. The molecule has 1 aromatic heterocycles. The predicted octanol–water partition coefficient (Wildman–Crippen LogP) is -0.260. The fourth-order valence-corrected chi connectivity index (χ4v) is 1.80. The molecule has 0 aromatic carbocycles. The van der Waals surface area contributed by atoms with Crippen molar-refractivity contribution in [1.82, 2.24) is 20.0 Å². The molecular formula is C10H16N4O. The van der Waals surface area contributed by atoms with E-state index in [-0.39, 0.29) is 11.9 Å². The Hall–Kier alpha value is -1.36. The minimum Gasteiger partial charge on any atom is -0.344 e. The molecule has 1 amide bonds. The first kappa shape index (κ1) is 10.2. The molecule has 0 radical (unpaired) electrons. The molecule has 1 aliphatic heterocycles. The number of hydrogen-bond donors (Lipinski definition) is 1. The molecule has 1 aliphatic rings. The molecule has 1 fully saturated rings. The number of carbonyl (C=O) groups excluding carboxylic acids is 1. The monoisotopic (exact) mass is 208 g/mol. The molecule has 0 bridgehead atoms. The molecule has 1 atom stereocenters. The lowest BCUT2D eigenvalue weighted by Gasteiger charge is -2.10. The fraction of sp³-hybridized carbons (Fsp3) is 0.600. The second-order valence-corrected chi connectivity index (χ2v) is 3.96. The topological polar surface area (TPSA) is 50.2 Å². The van der Waals surface area contributed by atoms with Gasteiger partial charge in [-0.15, -0.1) is 0 Å². The molecule has 2 heterocycles. The molecule has 1 N–H and O–H groups in total. The number of likely N-dealkylation sites (tertiary alicyclic amines) is 1. The largest absolute Gasteiger partial charge is 0.344 e. The van der Waals surface area contributed by atoms with Crippen LogP contribution in [0.2, 0.25) is 0 Å². The van der Waals surface area contributed by atoms with Crippen molar-refractivity contribution in [3.63, 3.8) is 0 Å². The van der Waals surface area contributed by atoms with Gasteiger partial charge in [0.05, 0.1) is 11.7 Å². The first-order valence-corrected chi connectivity index (χ1v) is 5.13. The van der Waals surface area contributed by atoms with Gasteiger partial charge in [0.1, 0.15) is 0 Å². The van der Waals surface area contributed by atoms with E-state index in [2.05, 4.69) is 10.4 Å². The summed E-state index contributed by atoms with van der Waals surface area (Å²) in [6.07, 6.45) is 2.79. The van der Waals surface area contributed by atoms with Gasteiger partial charge in [0, 0.05) is 33.4 Å². The predicted molar refractivity (Wildman–Crippen MR) is 56.1 cm³/mol. The first-order valence-electron chi connectivity index (χ1n) is 5.13. The normalized spacial score (nSPS) is 21.3. The van der Waals surface area contributed by atoms with E-state index < -0.39 is 0 Å². The summed E-state index contributed by atoms with van der Waals surface area (Å²) >= 11 is 0. The Morgan fingerprint density at radius 2 is 2.40 bits per heavy atom. The summed E-state index contributed by atoms with van der Waals surface area (Å²) in [5, 5.41) is 7.47. The molecule has 1 aromatic rings. The van der Waals surface area contributed by atoms with E-state index in [0.29, 0.717) is 6.54 Å². The minimum atomic E-state index is -0.0305. The van der Waals surface area contributed by atoms with Crippen LogP contribution in [0.25, 0.3) is 0 Å². The lowest BCUT2D eigenvalue weighted by atomic mass is 10.2. The van der Waals surface area contributed by atoms with E-state index in [1.807, 2.05) is 26.4 Å². The maximum absolute atomic E-state index is 11.6. The van der Waals surface area contributed by atoms with Crippen molar-refractivity contribution in [2.24, 2.45) is 7.05 Å². The Morgan fingerprint density at radius 3 is 2.93 bits per heavy atom. The van der Waals surface area contributed by atoms with Gasteiger partial charge in [-0.3, -0.25) is 9.48 Å². The van der Waals surface area contributed by atoms with E-state index in [0.717, 1.165) is 18.7 Å². The molecule has 0 saturated carbocycles. The molecule has 0 aliphatic carbocycles. The van der Waals surface area contributed by atoms with Crippen LogP contribution in [0.4, 0.5) is 0 Å². The summed E-state index contributed by atoms with van der Waals surface area (Å²) in [4.78, 5) is 13.3. The van der Waals surface area contributed by atoms with Crippen LogP contribution in [-0.4, -0.2) is 40.2 Å². The third kappa shape index (κ3) is 2.18. The van der Waals surface area contributed by atoms with Crippen LogP contribution in [0.3, 0.4) is 0 Å². The summed E-state index contributed by atoms with van der Waals surface area (Å²) < 4.78 is 1.76. The molecule has 1 unspecified atom stereocenters. The molecular weight excluding hydrogens is 192 g/mol. The summed E-state index contributed by atoms with van der Waals surface area (Å²) in [6.45, 7) is 1.50. The molecule has 82 valence electrons. The van der Waals surface area contributed by atoms with Gasteiger partial charge in [0.15, 0.2) is 0 Å². The summed E-state index contributed by atoms with van der Waals surface area (Å²) in [5.41, 5.74) is 0.972. The highest BCUT2D eigenvalue weighted by atomic mass is 16.2. The standard InChI is InChI=1S/C10H16N4O/c1-13-5-4-9(10(13)15)11-7-8-3-6-14(2)12-8/h3,6,9,11H,4-5,7H2,1-2H3. The highest BCUT2D eigenvalue weighted by molar-refractivity contribution is 5.83. The maximum Gasteiger partial charge on any atom is 0.239 e. The Morgan fingerprint density at radius 1 is 1.60 bits per heavy atom. The average molecular weight is 208 g/mol. The van der Waals surface area contributed by atoms with Crippen LogP contribution in [0.15, 0.2) is 12.3 Å². The fourth-order valence-electron chi connectivity index (χ4n) is 1.80. The van der Waals surface area contributed by atoms with Crippen LogP contribution < -0.4 is 5.32 Å². The van der Waals surface area contributed by atoms with Crippen molar-refractivity contribution in [2.75, 3.05) is 13.6 Å². The number of carbonyl (C=O) groups is 1. The average Bonchev–Trinajstić information content (AvgIpc) is 2.74. The van der Waals surface area contributed by atoms with Gasteiger partial charge in [0.25, 0.3) is 0 Å². The van der Waals surface area contributed by atoms with Crippen LogP contribution >= 0.6 is 0 Å². The van der Waals surface area contributed by atoms with Crippen LogP contribution in [0, 0.1) is 0 Å². The van der Waals surface area contributed by atoms with Gasteiger partial charge in [0.2, 0.25) is 5.91 Å². The SMILES string of the molecule is CN1CCC(NCc2ccn(C)n2)C1=O. The number of amides is 1. The molecule has 5 nitrogen and oxygen atoms in total. The van der Waals surface area contributed by atoms with E-state index in [1.54, 1.807) is 9.58 Å². The van der Waals surface area contributed by atoms with Gasteiger partial charge < -0.3 is 10.2 Å². The Kier molecular flexibility index (Phi) is 2.73. The zero-order valence-corrected chi connectivity index (χ0v) is 9.10. The molecule has 2 rings (SSSR count). The van der Waals surface area contributed by atoms with E-state index >= 15 is 0 Å². The van der Waals surface area contributed by atoms with Crippen molar-refractivity contribution < 1.29 is 4.79 Å². The second-order valence-electron chi connectivity index (χ2n) is 3.96. The number of rotatable bonds is 3. The molecule has 15 heavy (non-hydrogen) atoms. The van der Waals surface area contributed by atoms with Gasteiger partial charge in [-0.05, 0) is 12.5 Å². The molecule has 1 saturated heterocycles. The Labute approximate surface area is 89.1 Å². The van der Waals surface area contributed by atoms with Gasteiger partial charge in [-0.1, -0.05) is 0 Å². The van der Waals surface area contributed by atoms with E-state index in [1.165, 1.54) is 0 Å². The number of aromatic nitrogens is 2. The lowest BCUT2D eigenvalue weighted by Crippen LogP contribution is -2.36. The second kappa shape index (κ2) is 4.02. The third-order valence-corrected chi connectivity index (χ3v) is 2.73. The Balaban J connectivity index is 1.86. The number of nitrogens with zero attached hydrogens (tertiary/aromatic N) is 3. The first-order chi connectivity index (χ1) is 7.16. The minimum absolute atomic E-state index is 0.0305. The van der Waals surface area contributed by atoms with Crippen LogP contribution in [0.1, 0.15) is 12.1 Å². The summed E-state index contributed by atoms with van der Waals surface area (Å²) in [5.74, 6) is 0.186. The number of aryl methyl sites for hydroxylation is 1. The summed E-state index contributed by atoms with van der Waals surface area (Å²) in [6, 6.07) is 1.92. The van der Waals surface area contributed by atoms with Crippen molar-refractivity contribution in [3.05, 3.63) is 18.0 Å².